The number of rotatable bonds is 6. The predicted octanol–water partition coefficient (Wildman–Crippen LogP) is 2.48. The molecule has 1 saturated heterocycles. The molecule has 10 heteroatoms. The molecule has 0 saturated carbocycles. The molecule has 0 radical (unpaired) electrons. The van der Waals surface area contributed by atoms with Gasteiger partial charge in [-0.1, -0.05) is 11.6 Å². The van der Waals surface area contributed by atoms with E-state index < -0.39 is 21.7 Å². The van der Waals surface area contributed by atoms with Crippen LogP contribution in [0.1, 0.15) is 33.6 Å². The highest BCUT2D eigenvalue weighted by molar-refractivity contribution is 7.89. The second-order valence-electron chi connectivity index (χ2n) is 7.77. The Hall–Kier alpha value is -1.84. The van der Waals surface area contributed by atoms with Crippen molar-refractivity contribution in [3.8, 4) is 0 Å². The minimum Gasteiger partial charge on any atom is -0.444 e. The van der Waals surface area contributed by atoms with Gasteiger partial charge >= 0.3 is 6.09 Å². The summed E-state index contributed by atoms with van der Waals surface area (Å²) in [4.78, 5) is 25.8. The highest BCUT2D eigenvalue weighted by atomic mass is 35.5. The Morgan fingerprint density at radius 3 is 2.24 bits per heavy atom. The molecule has 2 amide bonds. The van der Waals surface area contributed by atoms with Crippen molar-refractivity contribution >= 4 is 33.6 Å². The molecule has 29 heavy (non-hydrogen) atoms. The first-order valence-electron chi connectivity index (χ1n) is 9.49. The van der Waals surface area contributed by atoms with Crippen molar-refractivity contribution in [2.24, 2.45) is 0 Å². The lowest BCUT2D eigenvalue weighted by atomic mass is 10.2. The van der Waals surface area contributed by atoms with Crippen molar-refractivity contribution in [1.82, 2.24) is 14.5 Å². The number of carbonyl (C=O) groups is 2. The standard InChI is InChI=1S/C19H28ClN3O5S/c1-19(2,3)28-18(25)21-10-4-5-17(24)22-11-13-23(14-12-22)29(26,27)16-8-6-15(20)7-9-16/h6-9H,4-5,10-14H2,1-3H3,(H,21,25). The summed E-state index contributed by atoms with van der Waals surface area (Å²) in [6.07, 6.45) is 0.257. The van der Waals surface area contributed by atoms with E-state index >= 15 is 0 Å². The van der Waals surface area contributed by atoms with E-state index in [4.69, 9.17) is 16.3 Å². The molecule has 0 aromatic heterocycles. The summed E-state index contributed by atoms with van der Waals surface area (Å²) in [5, 5.41) is 3.09. The highest BCUT2D eigenvalue weighted by Gasteiger charge is 2.29. The fraction of sp³-hybridized carbons (Fsp3) is 0.579. The summed E-state index contributed by atoms with van der Waals surface area (Å²) < 4.78 is 31.9. The number of ether oxygens (including phenoxy) is 1. The lowest BCUT2D eigenvalue weighted by Gasteiger charge is -2.34. The van der Waals surface area contributed by atoms with Crippen LogP contribution in [0.2, 0.25) is 5.02 Å². The third-order valence-corrected chi connectivity index (χ3v) is 6.44. The Bertz CT molecular complexity index is 813. The zero-order valence-electron chi connectivity index (χ0n) is 17.0. The van der Waals surface area contributed by atoms with E-state index in [2.05, 4.69) is 5.32 Å². The molecule has 1 heterocycles. The molecular weight excluding hydrogens is 418 g/mol. The normalized spacial score (nSPS) is 15.8. The SMILES string of the molecule is CC(C)(C)OC(=O)NCCCC(=O)N1CCN(S(=O)(=O)c2ccc(Cl)cc2)CC1. The molecule has 1 aliphatic rings. The van der Waals surface area contributed by atoms with E-state index in [0.717, 1.165) is 0 Å². The predicted molar refractivity (Wildman–Crippen MR) is 110 cm³/mol. The van der Waals surface area contributed by atoms with Gasteiger partial charge in [-0.25, -0.2) is 13.2 Å². The van der Waals surface area contributed by atoms with Crippen LogP contribution in [0.4, 0.5) is 4.79 Å². The zero-order valence-corrected chi connectivity index (χ0v) is 18.6. The number of piperazine rings is 1. The monoisotopic (exact) mass is 445 g/mol. The second-order valence-corrected chi connectivity index (χ2v) is 10.1. The van der Waals surface area contributed by atoms with Crippen molar-refractivity contribution in [2.45, 2.75) is 44.1 Å². The van der Waals surface area contributed by atoms with Crippen molar-refractivity contribution in [1.29, 1.82) is 0 Å². The van der Waals surface area contributed by atoms with E-state index in [-0.39, 0.29) is 30.3 Å². The fourth-order valence-corrected chi connectivity index (χ4v) is 4.38. The molecule has 1 aliphatic heterocycles. The molecule has 0 spiro atoms. The number of nitrogens with zero attached hydrogens (tertiary/aromatic N) is 2. The molecule has 8 nitrogen and oxygen atoms in total. The first-order chi connectivity index (χ1) is 13.5. The van der Waals surface area contributed by atoms with Crippen LogP contribution < -0.4 is 5.32 Å². The Labute approximate surface area is 177 Å². The summed E-state index contributed by atoms with van der Waals surface area (Å²) in [6.45, 7) is 6.84. The molecule has 162 valence electrons. The molecule has 0 unspecified atom stereocenters. The molecule has 1 N–H and O–H groups in total. The second kappa shape index (κ2) is 9.77. The van der Waals surface area contributed by atoms with E-state index in [1.165, 1.54) is 16.4 Å². The van der Waals surface area contributed by atoms with Crippen molar-refractivity contribution in [3.05, 3.63) is 29.3 Å². The summed E-state index contributed by atoms with van der Waals surface area (Å²) in [6, 6.07) is 6.04. The largest absolute Gasteiger partial charge is 0.444 e. The van der Waals surface area contributed by atoms with Gasteiger partial charge in [-0.3, -0.25) is 4.79 Å². The third kappa shape index (κ3) is 7.17. The minimum absolute atomic E-state index is 0.0560. The molecule has 1 fully saturated rings. The molecule has 1 aromatic rings. The average molecular weight is 446 g/mol. The number of sulfonamides is 1. The van der Waals surface area contributed by atoms with E-state index in [1.807, 2.05) is 0 Å². The Balaban J connectivity index is 1.75. The maximum Gasteiger partial charge on any atom is 0.407 e. The fourth-order valence-electron chi connectivity index (χ4n) is 2.84. The Morgan fingerprint density at radius 1 is 1.10 bits per heavy atom. The lowest BCUT2D eigenvalue weighted by Crippen LogP contribution is -2.50. The van der Waals surface area contributed by atoms with Crippen LogP contribution in [0.3, 0.4) is 0 Å². The first kappa shape index (κ1) is 23.4. The average Bonchev–Trinajstić information content (AvgIpc) is 2.64. The number of hydrogen-bond donors (Lipinski definition) is 1. The van der Waals surface area contributed by atoms with Crippen LogP contribution in [0.25, 0.3) is 0 Å². The Morgan fingerprint density at radius 2 is 1.69 bits per heavy atom. The van der Waals surface area contributed by atoms with Crippen LogP contribution in [0.15, 0.2) is 29.2 Å². The van der Waals surface area contributed by atoms with Gasteiger partial charge in [0.05, 0.1) is 4.90 Å². The molecule has 0 aliphatic carbocycles. The molecule has 0 bridgehead atoms. The van der Waals surface area contributed by atoms with Gasteiger partial charge in [0.15, 0.2) is 0 Å². The number of halogens is 1. The van der Waals surface area contributed by atoms with Crippen LogP contribution in [-0.4, -0.2) is 67.9 Å². The van der Waals surface area contributed by atoms with Crippen molar-refractivity contribution in [3.63, 3.8) is 0 Å². The molecule has 0 atom stereocenters. The van der Waals surface area contributed by atoms with Gasteiger partial charge in [0.1, 0.15) is 5.60 Å². The molecule has 1 aromatic carbocycles. The number of amides is 2. The minimum atomic E-state index is -3.60. The van der Waals surface area contributed by atoms with E-state index in [1.54, 1.807) is 37.8 Å². The van der Waals surface area contributed by atoms with Gasteiger partial charge in [0.2, 0.25) is 15.9 Å². The zero-order chi connectivity index (χ0) is 21.7. The third-order valence-electron chi connectivity index (χ3n) is 4.28. The van der Waals surface area contributed by atoms with Crippen LogP contribution >= 0.6 is 11.6 Å². The number of carbonyl (C=O) groups excluding carboxylic acids is 2. The van der Waals surface area contributed by atoms with E-state index in [9.17, 15) is 18.0 Å². The quantitative estimate of drug-likeness (QED) is 0.678. The summed E-state index contributed by atoms with van der Waals surface area (Å²) in [5.41, 5.74) is -0.564. The Kier molecular flexibility index (Phi) is 7.90. The number of benzene rings is 1. The van der Waals surface area contributed by atoms with Gasteiger partial charge < -0.3 is 15.0 Å². The van der Waals surface area contributed by atoms with Crippen molar-refractivity contribution in [2.75, 3.05) is 32.7 Å². The first-order valence-corrected chi connectivity index (χ1v) is 11.3. The van der Waals surface area contributed by atoms with Gasteiger partial charge in [0.25, 0.3) is 0 Å². The number of hydrogen-bond acceptors (Lipinski definition) is 5. The maximum atomic E-state index is 12.7. The summed E-state index contributed by atoms with van der Waals surface area (Å²) in [5.74, 6) is -0.0560. The maximum absolute atomic E-state index is 12.7. The van der Waals surface area contributed by atoms with Crippen LogP contribution in [0, 0.1) is 0 Å². The smallest absolute Gasteiger partial charge is 0.407 e. The summed E-state index contributed by atoms with van der Waals surface area (Å²) in [7, 11) is -3.60. The van der Waals surface area contributed by atoms with Crippen LogP contribution in [-0.2, 0) is 19.6 Å². The number of nitrogens with one attached hydrogen (secondary N) is 1. The highest BCUT2D eigenvalue weighted by Crippen LogP contribution is 2.20. The van der Waals surface area contributed by atoms with E-state index in [0.29, 0.717) is 31.1 Å². The van der Waals surface area contributed by atoms with Gasteiger partial charge in [-0.2, -0.15) is 4.31 Å². The van der Waals surface area contributed by atoms with Crippen LogP contribution in [0.5, 0.6) is 0 Å². The lowest BCUT2D eigenvalue weighted by molar-refractivity contribution is -0.132. The topological polar surface area (TPSA) is 96.0 Å². The number of alkyl carbamates (subject to hydrolysis) is 1. The van der Waals surface area contributed by atoms with Gasteiger partial charge in [0, 0.05) is 44.2 Å². The van der Waals surface area contributed by atoms with Gasteiger partial charge in [-0.15, -0.1) is 0 Å². The molecular formula is C19H28ClN3O5S. The van der Waals surface area contributed by atoms with Gasteiger partial charge in [-0.05, 0) is 51.5 Å². The van der Waals surface area contributed by atoms with Crippen molar-refractivity contribution < 1.29 is 22.7 Å². The molecule has 2 rings (SSSR count). The summed E-state index contributed by atoms with van der Waals surface area (Å²) >= 11 is 5.82.